The minimum atomic E-state index is 0.721. The zero-order chi connectivity index (χ0) is 14.5. The lowest BCUT2D eigenvalue weighted by Gasteiger charge is -2.11. The maximum Gasteiger partial charge on any atom is 0.207 e. The Balaban J connectivity index is 1.83. The maximum absolute atomic E-state index is 4.50. The smallest absolute Gasteiger partial charge is 0.207 e. The van der Waals surface area contributed by atoms with Crippen LogP contribution >= 0.6 is 0 Å². The van der Waals surface area contributed by atoms with Gasteiger partial charge in [0.25, 0.3) is 0 Å². The molecular formula is C17H18N4. The van der Waals surface area contributed by atoms with E-state index in [2.05, 4.69) is 32.8 Å². The molecule has 0 aliphatic rings. The van der Waals surface area contributed by atoms with E-state index >= 15 is 0 Å². The Kier molecular flexibility index (Phi) is 3.96. The van der Waals surface area contributed by atoms with E-state index in [0.717, 1.165) is 30.3 Å². The Morgan fingerprint density at radius 2 is 1.86 bits per heavy atom. The van der Waals surface area contributed by atoms with Crippen molar-refractivity contribution in [1.29, 1.82) is 0 Å². The third-order valence-electron chi connectivity index (χ3n) is 3.43. The quantitative estimate of drug-likeness (QED) is 0.775. The van der Waals surface area contributed by atoms with E-state index in [1.165, 1.54) is 5.56 Å². The second-order valence-corrected chi connectivity index (χ2v) is 4.83. The number of benzene rings is 1. The molecule has 0 saturated heterocycles. The van der Waals surface area contributed by atoms with Gasteiger partial charge in [-0.3, -0.25) is 4.98 Å². The summed E-state index contributed by atoms with van der Waals surface area (Å²) in [6.45, 7) is 2.87. The Labute approximate surface area is 124 Å². The summed E-state index contributed by atoms with van der Waals surface area (Å²) < 4.78 is 2.08. The second-order valence-electron chi connectivity index (χ2n) is 4.83. The molecule has 0 saturated carbocycles. The number of aromatic nitrogens is 3. The predicted octanol–water partition coefficient (Wildman–Crippen LogP) is 3.63. The molecule has 0 amide bonds. The summed E-state index contributed by atoms with van der Waals surface area (Å²) >= 11 is 0. The molecule has 3 aromatic rings. The minimum Gasteiger partial charge on any atom is -0.326 e. The van der Waals surface area contributed by atoms with E-state index in [1.807, 2.05) is 48.8 Å². The van der Waals surface area contributed by atoms with Gasteiger partial charge in [-0.25, -0.2) is 4.98 Å². The highest BCUT2D eigenvalue weighted by Gasteiger charge is 2.07. The summed E-state index contributed by atoms with van der Waals surface area (Å²) in [5.74, 6) is 0.828. The topological polar surface area (TPSA) is 42.7 Å². The molecule has 0 atom stereocenters. The maximum atomic E-state index is 4.50. The van der Waals surface area contributed by atoms with Crippen LogP contribution in [0.3, 0.4) is 0 Å². The first-order valence-corrected chi connectivity index (χ1v) is 7.13. The number of aryl methyl sites for hydroxylation is 1. The van der Waals surface area contributed by atoms with Crippen molar-refractivity contribution >= 4 is 11.6 Å². The first-order valence-electron chi connectivity index (χ1n) is 7.13. The molecule has 1 aromatic carbocycles. The van der Waals surface area contributed by atoms with E-state index in [4.69, 9.17) is 0 Å². The molecule has 0 spiro atoms. The van der Waals surface area contributed by atoms with Gasteiger partial charge in [0.15, 0.2) is 0 Å². The van der Waals surface area contributed by atoms with E-state index < -0.39 is 0 Å². The third-order valence-corrected chi connectivity index (χ3v) is 3.43. The summed E-state index contributed by atoms with van der Waals surface area (Å²) in [5.41, 5.74) is 3.40. The number of nitrogens with one attached hydrogen (secondary N) is 1. The van der Waals surface area contributed by atoms with Crippen LogP contribution in [-0.2, 0) is 13.0 Å². The van der Waals surface area contributed by atoms with Crippen molar-refractivity contribution in [2.24, 2.45) is 0 Å². The molecule has 0 aliphatic heterocycles. The van der Waals surface area contributed by atoms with Gasteiger partial charge in [0, 0.05) is 24.3 Å². The molecule has 0 unspecified atom stereocenters. The highest BCUT2D eigenvalue weighted by Crippen LogP contribution is 2.16. The normalized spacial score (nSPS) is 10.5. The highest BCUT2D eigenvalue weighted by molar-refractivity contribution is 5.53. The van der Waals surface area contributed by atoms with Crippen molar-refractivity contribution in [2.45, 2.75) is 19.9 Å². The van der Waals surface area contributed by atoms with Crippen LogP contribution in [0.5, 0.6) is 0 Å². The average Bonchev–Trinajstić information content (AvgIpc) is 2.96. The van der Waals surface area contributed by atoms with Gasteiger partial charge in [-0.1, -0.05) is 31.2 Å². The minimum absolute atomic E-state index is 0.721. The van der Waals surface area contributed by atoms with Crippen molar-refractivity contribution in [3.05, 3.63) is 72.3 Å². The fraction of sp³-hybridized carbons (Fsp3) is 0.176. The molecule has 1 N–H and O–H groups in total. The van der Waals surface area contributed by atoms with Crippen LogP contribution in [0.25, 0.3) is 0 Å². The van der Waals surface area contributed by atoms with E-state index in [9.17, 15) is 0 Å². The molecule has 4 nitrogen and oxygen atoms in total. The average molecular weight is 278 g/mol. The molecule has 21 heavy (non-hydrogen) atoms. The number of pyridine rings is 1. The largest absolute Gasteiger partial charge is 0.326 e. The van der Waals surface area contributed by atoms with Crippen LogP contribution in [0.15, 0.2) is 61.1 Å². The molecule has 0 aliphatic carbocycles. The monoisotopic (exact) mass is 278 g/mol. The number of anilines is 2. The van der Waals surface area contributed by atoms with Gasteiger partial charge in [-0.15, -0.1) is 0 Å². The van der Waals surface area contributed by atoms with Crippen molar-refractivity contribution in [3.63, 3.8) is 0 Å². The van der Waals surface area contributed by atoms with Gasteiger partial charge in [0.05, 0.1) is 12.2 Å². The van der Waals surface area contributed by atoms with Crippen LogP contribution in [0.1, 0.15) is 18.2 Å². The number of para-hydroxylation sites is 1. The van der Waals surface area contributed by atoms with Crippen molar-refractivity contribution in [2.75, 3.05) is 5.32 Å². The molecule has 4 heteroatoms. The predicted molar refractivity (Wildman–Crippen MR) is 84.7 cm³/mol. The molecule has 0 bridgehead atoms. The zero-order valence-electron chi connectivity index (χ0n) is 12.0. The molecule has 0 fully saturated rings. The number of hydrogen-bond donors (Lipinski definition) is 1. The van der Waals surface area contributed by atoms with Gasteiger partial charge >= 0.3 is 0 Å². The van der Waals surface area contributed by atoms with Crippen LogP contribution in [0.2, 0.25) is 0 Å². The summed E-state index contributed by atoms with van der Waals surface area (Å²) in [7, 11) is 0. The molecular weight excluding hydrogens is 260 g/mol. The van der Waals surface area contributed by atoms with Crippen LogP contribution < -0.4 is 5.32 Å². The highest BCUT2D eigenvalue weighted by atomic mass is 15.2. The van der Waals surface area contributed by atoms with Gasteiger partial charge in [-0.2, -0.15) is 0 Å². The summed E-state index contributed by atoms with van der Waals surface area (Å²) in [4.78, 5) is 8.88. The molecule has 2 heterocycles. The Hall–Kier alpha value is -2.62. The fourth-order valence-electron chi connectivity index (χ4n) is 2.31. The molecule has 3 rings (SSSR count). The van der Waals surface area contributed by atoms with E-state index in [-0.39, 0.29) is 0 Å². The van der Waals surface area contributed by atoms with Gasteiger partial charge in [0.1, 0.15) is 0 Å². The Morgan fingerprint density at radius 3 is 2.67 bits per heavy atom. The van der Waals surface area contributed by atoms with Gasteiger partial charge < -0.3 is 9.88 Å². The Bertz CT molecular complexity index is 704. The number of nitrogens with zero attached hydrogens (tertiary/aromatic N) is 3. The van der Waals surface area contributed by atoms with Crippen LogP contribution in [-0.4, -0.2) is 14.5 Å². The lowest BCUT2D eigenvalue weighted by molar-refractivity contribution is 0.769. The Morgan fingerprint density at radius 1 is 1.00 bits per heavy atom. The van der Waals surface area contributed by atoms with Gasteiger partial charge in [-0.05, 0) is 30.2 Å². The number of imidazole rings is 1. The van der Waals surface area contributed by atoms with Gasteiger partial charge in [0.2, 0.25) is 5.95 Å². The van der Waals surface area contributed by atoms with Crippen molar-refractivity contribution < 1.29 is 0 Å². The lowest BCUT2D eigenvalue weighted by Crippen LogP contribution is -2.07. The second kappa shape index (κ2) is 6.22. The van der Waals surface area contributed by atoms with E-state index in [0.29, 0.717) is 0 Å². The molecule has 106 valence electrons. The third kappa shape index (κ3) is 3.11. The molecule has 0 radical (unpaired) electrons. The van der Waals surface area contributed by atoms with Crippen LogP contribution in [0.4, 0.5) is 11.6 Å². The standard InChI is InChI=1S/C17H18N4/c1-2-14-7-6-10-18-16(14)13-21-12-11-19-17(21)20-15-8-4-3-5-9-15/h3-12H,2,13H2,1H3,(H,19,20). The van der Waals surface area contributed by atoms with Crippen LogP contribution in [0, 0.1) is 0 Å². The first kappa shape index (κ1) is 13.4. The first-order chi connectivity index (χ1) is 10.4. The molecule has 2 aromatic heterocycles. The summed E-state index contributed by atoms with van der Waals surface area (Å²) in [6.07, 6.45) is 6.61. The zero-order valence-corrected chi connectivity index (χ0v) is 12.0. The van der Waals surface area contributed by atoms with E-state index in [1.54, 1.807) is 6.20 Å². The lowest BCUT2D eigenvalue weighted by atomic mass is 10.1. The fourth-order valence-corrected chi connectivity index (χ4v) is 2.31. The van der Waals surface area contributed by atoms with Crippen molar-refractivity contribution in [1.82, 2.24) is 14.5 Å². The SMILES string of the molecule is CCc1cccnc1Cn1ccnc1Nc1ccccc1. The number of hydrogen-bond acceptors (Lipinski definition) is 3. The van der Waals surface area contributed by atoms with Crippen molar-refractivity contribution in [3.8, 4) is 0 Å². The number of rotatable bonds is 5. The summed E-state index contributed by atoms with van der Waals surface area (Å²) in [5, 5.41) is 3.33. The summed E-state index contributed by atoms with van der Waals surface area (Å²) in [6, 6.07) is 14.2.